The molecule has 0 bridgehead atoms. The maximum atomic E-state index is 12.6. The zero-order valence-corrected chi connectivity index (χ0v) is 14.3. The molecule has 0 aliphatic heterocycles. The maximum absolute atomic E-state index is 12.6. The molecular formula is C18H26N2O3. The van der Waals surface area contributed by atoms with E-state index in [4.69, 9.17) is 4.42 Å². The van der Waals surface area contributed by atoms with Crippen LogP contribution in [0, 0.1) is 0 Å². The lowest BCUT2D eigenvalue weighted by atomic mass is 9.97. The number of nitrogens with one attached hydrogen (secondary N) is 1. The summed E-state index contributed by atoms with van der Waals surface area (Å²) in [6, 6.07) is 7.65. The van der Waals surface area contributed by atoms with Gasteiger partial charge in [0.1, 0.15) is 5.58 Å². The fraction of sp³-hybridized carbons (Fsp3) is 0.500. The van der Waals surface area contributed by atoms with Crippen LogP contribution in [0.2, 0.25) is 0 Å². The molecule has 5 heteroatoms. The van der Waals surface area contributed by atoms with Crippen molar-refractivity contribution in [1.82, 2.24) is 10.2 Å². The van der Waals surface area contributed by atoms with E-state index in [0.717, 1.165) is 10.9 Å². The number of amides is 1. The van der Waals surface area contributed by atoms with Crippen LogP contribution in [0.4, 0.5) is 0 Å². The van der Waals surface area contributed by atoms with Crippen LogP contribution >= 0.6 is 0 Å². The molecule has 0 spiro atoms. The van der Waals surface area contributed by atoms with Gasteiger partial charge in [-0.15, -0.1) is 0 Å². The topological polar surface area (TPSA) is 65.7 Å². The summed E-state index contributed by atoms with van der Waals surface area (Å²) in [5.74, 6) is 0.0489. The minimum atomic E-state index is -0.872. The van der Waals surface area contributed by atoms with Crippen molar-refractivity contribution in [1.29, 1.82) is 0 Å². The lowest BCUT2D eigenvalue weighted by Gasteiger charge is -2.25. The highest BCUT2D eigenvalue weighted by atomic mass is 16.3. The van der Waals surface area contributed by atoms with Crippen molar-refractivity contribution in [2.45, 2.75) is 38.8 Å². The van der Waals surface area contributed by atoms with Gasteiger partial charge < -0.3 is 19.7 Å². The molecular weight excluding hydrogens is 292 g/mol. The van der Waals surface area contributed by atoms with Crippen LogP contribution in [0.5, 0.6) is 0 Å². The number of rotatable bonds is 7. The lowest BCUT2D eigenvalue weighted by Crippen LogP contribution is -2.42. The first-order chi connectivity index (χ1) is 10.9. The molecule has 2 aromatic rings. The normalized spacial score (nSPS) is 12.1. The van der Waals surface area contributed by atoms with E-state index in [0.29, 0.717) is 30.7 Å². The monoisotopic (exact) mass is 318 g/mol. The standard InChI is InChI=1S/C18H26N2O3/c1-5-18(22,6-2)12-19-17(21)16-14(11-20(3)4)13-9-7-8-10-15(13)23-16/h7-10,22H,5-6,11-12H2,1-4H3,(H,19,21). The van der Waals surface area contributed by atoms with Gasteiger partial charge in [0, 0.05) is 24.0 Å². The Hall–Kier alpha value is -1.85. The Balaban J connectivity index is 2.29. The van der Waals surface area contributed by atoms with Gasteiger partial charge in [0.15, 0.2) is 5.76 Å². The van der Waals surface area contributed by atoms with E-state index in [-0.39, 0.29) is 12.5 Å². The van der Waals surface area contributed by atoms with Gasteiger partial charge in [-0.05, 0) is 33.0 Å². The number of aliphatic hydroxyl groups is 1. The van der Waals surface area contributed by atoms with E-state index >= 15 is 0 Å². The summed E-state index contributed by atoms with van der Waals surface area (Å²) in [6.07, 6.45) is 1.18. The number of hydrogen-bond donors (Lipinski definition) is 2. The number of nitrogens with zero attached hydrogens (tertiary/aromatic N) is 1. The number of benzene rings is 1. The summed E-state index contributed by atoms with van der Waals surface area (Å²) >= 11 is 0. The van der Waals surface area contributed by atoms with Gasteiger partial charge >= 0.3 is 0 Å². The first kappa shape index (κ1) is 17.5. The Morgan fingerprint density at radius 1 is 1.26 bits per heavy atom. The van der Waals surface area contributed by atoms with E-state index in [9.17, 15) is 9.90 Å². The van der Waals surface area contributed by atoms with Gasteiger partial charge in [-0.1, -0.05) is 32.0 Å². The number of carbonyl (C=O) groups excluding carboxylic acids is 1. The molecule has 2 N–H and O–H groups in total. The highest BCUT2D eigenvalue weighted by Gasteiger charge is 2.26. The fourth-order valence-corrected chi connectivity index (χ4v) is 2.58. The van der Waals surface area contributed by atoms with Gasteiger partial charge in [0.2, 0.25) is 0 Å². The molecule has 0 saturated heterocycles. The van der Waals surface area contributed by atoms with E-state index in [1.54, 1.807) is 0 Å². The van der Waals surface area contributed by atoms with Crippen molar-refractivity contribution in [3.05, 3.63) is 35.6 Å². The van der Waals surface area contributed by atoms with Crippen molar-refractivity contribution in [2.24, 2.45) is 0 Å². The fourth-order valence-electron chi connectivity index (χ4n) is 2.58. The highest BCUT2D eigenvalue weighted by molar-refractivity contribution is 5.99. The van der Waals surface area contributed by atoms with Crippen molar-refractivity contribution in [3.63, 3.8) is 0 Å². The first-order valence-corrected chi connectivity index (χ1v) is 8.06. The Labute approximate surface area is 137 Å². The van der Waals surface area contributed by atoms with E-state index in [2.05, 4.69) is 5.32 Å². The number of hydrogen-bond acceptors (Lipinski definition) is 4. The quantitative estimate of drug-likeness (QED) is 0.824. The molecule has 0 atom stereocenters. The Morgan fingerprint density at radius 2 is 1.91 bits per heavy atom. The van der Waals surface area contributed by atoms with E-state index < -0.39 is 5.60 Å². The molecule has 1 aromatic heterocycles. The Kier molecular flexibility index (Phi) is 5.44. The third kappa shape index (κ3) is 3.92. The molecule has 0 aliphatic rings. The van der Waals surface area contributed by atoms with E-state index in [1.165, 1.54) is 0 Å². The molecule has 1 heterocycles. The Morgan fingerprint density at radius 3 is 2.52 bits per heavy atom. The van der Waals surface area contributed by atoms with Crippen LogP contribution in [0.25, 0.3) is 11.0 Å². The lowest BCUT2D eigenvalue weighted by molar-refractivity contribution is 0.0310. The summed E-state index contributed by atoms with van der Waals surface area (Å²) in [5, 5.41) is 14.1. The molecule has 1 aromatic carbocycles. The first-order valence-electron chi connectivity index (χ1n) is 8.06. The molecule has 0 unspecified atom stereocenters. The van der Waals surface area contributed by atoms with Gasteiger partial charge in [-0.3, -0.25) is 4.79 Å². The third-order valence-electron chi connectivity index (χ3n) is 4.27. The number of para-hydroxylation sites is 1. The largest absolute Gasteiger partial charge is 0.451 e. The Bertz CT molecular complexity index is 672. The van der Waals surface area contributed by atoms with Crippen LogP contribution in [0.15, 0.2) is 28.7 Å². The molecule has 5 nitrogen and oxygen atoms in total. The molecule has 0 aliphatic carbocycles. The molecule has 23 heavy (non-hydrogen) atoms. The van der Waals surface area contributed by atoms with Crippen LogP contribution in [0.1, 0.15) is 42.8 Å². The molecule has 126 valence electrons. The van der Waals surface area contributed by atoms with Crippen molar-refractivity contribution in [3.8, 4) is 0 Å². The summed E-state index contributed by atoms with van der Waals surface area (Å²) in [6.45, 7) is 4.66. The third-order valence-corrected chi connectivity index (χ3v) is 4.27. The SMILES string of the molecule is CCC(O)(CC)CNC(=O)c1oc2ccccc2c1CN(C)C. The van der Waals surface area contributed by atoms with Crippen molar-refractivity contribution in [2.75, 3.05) is 20.6 Å². The smallest absolute Gasteiger partial charge is 0.287 e. The predicted molar refractivity (Wildman–Crippen MR) is 91.5 cm³/mol. The molecule has 1 amide bonds. The van der Waals surface area contributed by atoms with Gasteiger partial charge in [0.05, 0.1) is 5.60 Å². The second-order valence-electron chi connectivity index (χ2n) is 6.26. The maximum Gasteiger partial charge on any atom is 0.287 e. The van der Waals surface area contributed by atoms with Crippen molar-refractivity contribution >= 4 is 16.9 Å². The van der Waals surface area contributed by atoms with E-state index in [1.807, 2.05) is 57.1 Å². The summed E-state index contributed by atoms with van der Waals surface area (Å²) in [5.41, 5.74) is 0.707. The summed E-state index contributed by atoms with van der Waals surface area (Å²) < 4.78 is 5.77. The van der Waals surface area contributed by atoms with Crippen molar-refractivity contribution < 1.29 is 14.3 Å². The van der Waals surface area contributed by atoms with Crippen LogP contribution in [-0.4, -0.2) is 42.2 Å². The second kappa shape index (κ2) is 7.15. The molecule has 0 fully saturated rings. The minimum Gasteiger partial charge on any atom is -0.451 e. The van der Waals surface area contributed by atoms with Crippen LogP contribution in [-0.2, 0) is 6.54 Å². The predicted octanol–water partition coefficient (Wildman–Crippen LogP) is 2.78. The zero-order chi connectivity index (χ0) is 17.0. The van der Waals surface area contributed by atoms with Crippen LogP contribution < -0.4 is 5.32 Å². The summed E-state index contributed by atoms with van der Waals surface area (Å²) in [4.78, 5) is 14.6. The van der Waals surface area contributed by atoms with Crippen LogP contribution in [0.3, 0.4) is 0 Å². The van der Waals surface area contributed by atoms with Gasteiger partial charge in [-0.2, -0.15) is 0 Å². The van der Waals surface area contributed by atoms with Gasteiger partial charge in [0.25, 0.3) is 5.91 Å². The van der Waals surface area contributed by atoms with Gasteiger partial charge in [-0.25, -0.2) is 0 Å². The molecule has 0 saturated carbocycles. The average molecular weight is 318 g/mol. The number of carbonyl (C=O) groups is 1. The number of furan rings is 1. The number of fused-ring (bicyclic) bond motifs is 1. The molecule has 0 radical (unpaired) electrons. The average Bonchev–Trinajstić information content (AvgIpc) is 2.90. The second-order valence-corrected chi connectivity index (χ2v) is 6.26. The minimum absolute atomic E-state index is 0.220. The zero-order valence-electron chi connectivity index (χ0n) is 14.3. The highest BCUT2D eigenvalue weighted by Crippen LogP contribution is 2.27. The molecule has 2 rings (SSSR count). The summed E-state index contributed by atoms with van der Waals surface area (Å²) in [7, 11) is 3.91.